The quantitative estimate of drug-likeness (QED) is 0.574. The molecule has 28 heavy (non-hydrogen) atoms. The maximum atomic E-state index is 13.2. The zero-order chi connectivity index (χ0) is 19.0. The number of rotatable bonds is 3. The standard InChI is InChI=1S/C21H20ClN4O.ClH/c1-3-25-11-12-26(14-25)20-21(27)24(2)18-10-9-16(22)13-17(18)19(23-20)15-7-5-4-6-8-15;/h4-14,20H,3H2,1-2H3;1H/q+1;/p-1. The van der Waals surface area contributed by atoms with Crippen molar-refractivity contribution in [2.75, 3.05) is 11.9 Å². The molecule has 5 nitrogen and oxygen atoms in total. The highest BCUT2D eigenvalue weighted by atomic mass is 35.5. The molecule has 2 aromatic carbocycles. The normalized spacial score (nSPS) is 16.1. The fourth-order valence-electron chi connectivity index (χ4n) is 3.29. The van der Waals surface area contributed by atoms with Gasteiger partial charge in [0, 0.05) is 23.2 Å². The second-order valence-corrected chi connectivity index (χ2v) is 6.90. The van der Waals surface area contributed by atoms with Gasteiger partial charge in [-0.2, -0.15) is 0 Å². The van der Waals surface area contributed by atoms with Crippen molar-refractivity contribution < 1.29 is 21.8 Å². The minimum Gasteiger partial charge on any atom is -1.00 e. The number of aliphatic imine (C=N–C) groups is 1. The van der Waals surface area contributed by atoms with Crippen LogP contribution >= 0.6 is 11.6 Å². The molecule has 0 saturated heterocycles. The maximum absolute atomic E-state index is 13.2. The average molecular weight is 415 g/mol. The molecule has 4 rings (SSSR count). The Labute approximate surface area is 175 Å². The Morgan fingerprint density at radius 2 is 1.93 bits per heavy atom. The molecule has 1 aliphatic heterocycles. The van der Waals surface area contributed by atoms with Gasteiger partial charge in [0.25, 0.3) is 12.1 Å². The van der Waals surface area contributed by atoms with E-state index >= 15 is 0 Å². The number of likely N-dealkylation sites (N-methyl/N-ethyl adjacent to an activating group) is 1. The van der Waals surface area contributed by atoms with Crippen LogP contribution in [-0.4, -0.2) is 23.2 Å². The summed E-state index contributed by atoms with van der Waals surface area (Å²) in [4.78, 5) is 19.8. The van der Waals surface area contributed by atoms with Gasteiger partial charge in [0.15, 0.2) is 0 Å². The molecule has 0 bridgehead atoms. The third-order valence-corrected chi connectivity index (χ3v) is 5.02. The van der Waals surface area contributed by atoms with Crippen molar-refractivity contribution in [3.63, 3.8) is 0 Å². The number of benzodiazepines with no additional fused rings is 1. The number of imidazole rings is 1. The van der Waals surface area contributed by atoms with Gasteiger partial charge >= 0.3 is 0 Å². The second-order valence-electron chi connectivity index (χ2n) is 6.47. The van der Waals surface area contributed by atoms with Crippen molar-refractivity contribution in [3.05, 3.63) is 83.4 Å². The lowest BCUT2D eigenvalue weighted by atomic mass is 10.0. The number of carbonyl (C=O) groups excluding carboxylic acids is 1. The summed E-state index contributed by atoms with van der Waals surface area (Å²) in [7, 11) is 1.78. The molecule has 2 heterocycles. The Hall–Kier alpha value is -2.63. The van der Waals surface area contributed by atoms with E-state index in [4.69, 9.17) is 16.6 Å². The average Bonchev–Trinajstić information content (AvgIpc) is 3.14. The molecule has 1 aliphatic rings. The summed E-state index contributed by atoms with van der Waals surface area (Å²) >= 11 is 6.28. The first kappa shape index (κ1) is 20.1. The largest absolute Gasteiger partial charge is 1.00 e. The zero-order valence-corrected chi connectivity index (χ0v) is 17.1. The van der Waals surface area contributed by atoms with E-state index in [2.05, 4.69) is 6.92 Å². The second kappa shape index (κ2) is 8.17. The minimum absolute atomic E-state index is 0. The number of halogens is 2. The summed E-state index contributed by atoms with van der Waals surface area (Å²) in [6.45, 7) is 2.89. The lowest BCUT2D eigenvalue weighted by Gasteiger charge is -2.19. The zero-order valence-electron chi connectivity index (χ0n) is 15.6. The first-order chi connectivity index (χ1) is 13.1. The van der Waals surface area contributed by atoms with Crippen LogP contribution in [0.1, 0.15) is 24.2 Å². The van der Waals surface area contributed by atoms with Crippen molar-refractivity contribution in [2.24, 2.45) is 4.99 Å². The van der Waals surface area contributed by atoms with Gasteiger partial charge in [0.2, 0.25) is 6.33 Å². The smallest absolute Gasteiger partial charge is 0.295 e. The van der Waals surface area contributed by atoms with E-state index in [-0.39, 0.29) is 18.3 Å². The lowest BCUT2D eigenvalue weighted by Crippen LogP contribution is -3.00. The lowest BCUT2D eigenvalue weighted by molar-refractivity contribution is -0.693. The summed E-state index contributed by atoms with van der Waals surface area (Å²) in [5, 5.41) is 0.612. The topological polar surface area (TPSA) is 41.5 Å². The van der Waals surface area contributed by atoms with Crippen molar-refractivity contribution in [2.45, 2.75) is 19.6 Å². The Morgan fingerprint density at radius 3 is 2.61 bits per heavy atom. The molecule has 3 aromatic rings. The number of aromatic nitrogens is 2. The summed E-state index contributed by atoms with van der Waals surface area (Å²) in [6, 6.07) is 15.4. The van der Waals surface area contributed by atoms with Crippen molar-refractivity contribution in [1.29, 1.82) is 0 Å². The van der Waals surface area contributed by atoms with Crippen molar-refractivity contribution in [1.82, 2.24) is 4.57 Å². The molecular formula is C21H20Cl2N4O. The van der Waals surface area contributed by atoms with Crippen LogP contribution in [0.5, 0.6) is 0 Å². The fraction of sp³-hybridized carbons (Fsp3) is 0.190. The van der Waals surface area contributed by atoms with E-state index in [1.54, 1.807) is 18.0 Å². The third-order valence-electron chi connectivity index (χ3n) is 4.78. The highest BCUT2D eigenvalue weighted by Crippen LogP contribution is 2.32. The monoisotopic (exact) mass is 414 g/mol. The third kappa shape index (κ3) is 3.55. The van der Waals surface area contributed by atoms with Gasteiger partial charge in [0.05, 0.1) is 17.9 Å². The van der Waals surface area contributed by atoms with E-state index in [0.717, 1.165) is 29.1 Å². The van der Waals surface area contributed by atoms with Gasteiger partial charge in [-0.25, -0.2) is 14.1 Å². The highest BCUT2D eigenvalue weighted by molar-refractivity contribution is 6.32. The fourth-order valence-corrected chi connectivity index (χ4v) is 3.46. The molecule has 0 fully saturated rings. The van der Waals surface area contributed by atoms with Crippen LogP contribution in [0.2, 0.25) is 5.02 Å². The molecule has 144 valence electrons. The summed E-state index contributed by atoms with van der Waals surface area (Å²) in [5.41, 5.74) is 3.35. The van der Waals surface area contributed by atoms with E-state index in [1.165, 1.54) is 0 Å². The van der Waals surface area contributed by atoms with Crippen LogP contribution < -0.4 is 21.9 Å². The van der Waals surface area contributed by atoms with Crippen LogP contribution in [-0.2, 0) is 11.3 Å². The van der Waals surface area contributed by atoms with Gasteiger partial charge in [-0.3, -0.25) is 4.79 Å². The van der Waals surface area contributed by atoms with Gasteiger partial charge in [-0.15, -0.1) is 0 Å². The van der Waals surface area contributed by atoms with E-state index < -0.39 is 6.17 Å². The Balaban J connectivity index is 0.00000225. The van der Waals surface area contributed by atoms with Crippen molar-refractivity contribution >= 4 is 28.9 Å². The first-order valence-corrected chi connectivity index (χ1v) is 9.23. The summed E-state index contributed by atoms with van der Waals surface area (Å²) in [6.07, 6.45) is 5.06. The highest BCUT2D eigenvalue weighted by Gasteiger charge is 2.34. The van der Waals surface area contributed by atoms with Gasteiger partial charge < -0.3 is 17.3 Å². The van der Waals surface area contributed by atoms with Crippen LogP contribution in [0.25, 0.3) is 0 Å². The molecule has 0 saturated carbocycles. The number of nitrogens with zero attached hydrogens (tertiary/aromatic N) is 4. The molecular weight excluding hydrogens is 395 g/mol. The number of hydrogen-bond donors (Lipinski definition) is 0. The van der Waals surface area contributed by atoms with Gasteiger partial charge in [-0.05, 0) is 25.1 Å². The number of hydrogen-bond acceptors (Lipinski definition) is 2. The van der Waals surface area contributed by atoms with Crippen molar-refractivity contribution in [3.8, 4) is 0 Å². The molecule has 1 atom stereocenters. The van der Waals surface area contributed by atoms with Crippen LogP contribution in [0.4, 0.5) is 5.69 Å². The molecule has 0 N–H and O–H groups in total. The van der Waals surface area contributed by atoms with E-state index in [0.29, 0.717) is 5.02 Å². The maximum Gasteiger partial charge on any atom is 0.295 e. The van der Waals surface area contributed by atoms with Crippen LogP contribution in [0, 0.1) is 0 Å². The predicted octanol–water partition coefficient (Wildman–Crippen LogP) is 0.465. The minimum atomic E-state index is -0.677. The Bertz CT molecular complexity index is 1030. The number of aryl methyl sites for hydroxylation is 1. The molecule has 0 aliphatic carbocycles. The molecule has 1 aromatic heterocycles. The Morgan fingerprint density at radius 1 is 1.18 bits per heavy atom. The van der Waals surface area contributed by atoms with Gasteiger partial charge in [-0.1, -0.05) is 41.9 Å². The van der Waals surface area contributed by atoms with E-state index in [9.17, 15) is 4.79 Å². The number of carbonyl (C=O) groups is 1. The van der Waals surface area contributed by atoms with E-state index in [1.807, 2.05) is 70.3 Å². The van der Waals surface area contributed by atoms with Crippen LogP contribution in [0.15, 0.2) is 72.2 Å². The first-order valence-electron chi connectivity index (χ1n) is 8.85. The summed E-state index contributed by atoms with van der Waals surface area (Å²) < 4.78 is 3.86. The molecule has 1 amide bonds. The number of amides is 1. The molecule has 0 radical (unpaired) electrons. The predicted molar refractivity (Wildman–Crippen MR) is 106 cm³/mol. The number of anilines is 1. The van der Waals surface area contributed by atoms with Gasteiger partial charge in [0.1, 0.15) is 12.4 Å². The molecule has 0 spiro atoms. The van der Waals surface area contributed by atoms with Crippen LogP contribution in [0.3, 0.4) is 0 Å². The number of benzene rings is 2. The number of fused-ring (bicyclic) bond motifs is 1. The SMILES string of the molecule is CC[n+]1ccn(C2N=C(c3ccccc3)c3cc(Cl)ccc3N(C)C2=O)c1.[Cl-]. The summed E-state index contributed by atoms with van der Waals surface area (Å²) in [5.74, 6) is -0.0941. The molecule has 1 unspecified atom stereocenters. The Kier molecular flexibility index (Phi) is 5.87. The molecule has 7 heteroatoms.